The van der Waals surface area contributed by atoms with Crippen molar-refractivity contribution in [3.05, 3.63) is 94.8 Å². The number of carbonyl (C=O) groups is 2. The van der Waals surface area contributed by atoms with E-state index in [9.17, 15) is 14.0 Å². The highest BCUT2D eigenvalue weighted by atomic mass is 19.1. The molecule has 2 amide bonds. The van der Waals surface area contributed by atoms with Crippen molar-refractivity contribution in [2.75, 3.05) is 27.3 Å². The van der Waals surface area contributed by atoms with E-state index in [1.165, 1.54) is 12.1 Å². The van der Waals surface area contributed by atoms with Crippen LogP contribution in [0.5, 0.6) is 11.5 Å². The summed E-state index contributed by atoms with van der Waals surface area (Å²) in [5.74, 6) is 1.47. The van der Waals surface area contributed by atoms with Crippen molar-refractivity contribution in [2.24, 2.45) is 5.92 Å². The fourth-order valence-corrected chi connectivity index (χ4v) is 4.95. The molecule has 3 aromatic carbocycles. The highest BCUT2D eigenvalue weighted by molar-refractivity contribution is 5.94. The second-order valence-corrected chi connectivity index (χ2v) is 10.2. The number of rotatable bonds is 12. The third kappa shape index (κ3) is 8.55. The quantitative estimate of drug-likeness (QED) is 0.331. The Kier molecular flexibility index (Phi) is 10.5. The molecule has 2 N–H and O–H groups in total. The number of nitrogens with zero attached hydrogens (tertiary/aromatic N) is 1. The maximum absolute atomic E-state index is 13.1. The third-order valence-electron chi connectivity index (χ3n) is 7.41. The average Bonchev–Trinajstić information content (AvgIpc) is 2.99. The Labute approximate surface area is 235 Å². The van der Waals surface area contributed by atoms with Crippen molar-refractivity contribution >= 4 is 11.8 Å². The zero-order chi connectivity index (χ0) is 28.3. The summed E-state index contributed by atoms with van der Waals surface area (Å²) >= 11 is 0. The number of benzene rings is 3. The summed E-state index contributed by atoms with van der Waals surface area (Å²) in [6, 6.07) is 19.5. The number of nitrogens with one attached hydrogen (secondary N) is 2. The van der Waals surface area contributed by atoms with Crippen LogP contribution in [0.15, 0.2) is 66.7 Å². The van der Waals surface area contributed by atoms with Crippen LogP contribution in [0.3, 0.4) is 0 Å². The van der Waals surface area contributed by atoms with Crippen molar-refractivity contribution in [3.8, 4) is 11.5 Å². The second-order valence-electron chi connectivity index (χ2n) is 10.2. The lowest BCUT2D eigenvalue weighted by atomic mass is 9.92. The third-order valence-corrected chi connectivity index (χ3v) is 7.41. The van der Waals surface area contributed by atoms with Gasteiger partial charge in [0.1, 0.15) is 5.82 Å². The van der Waals surface area contributed by atoms with Gasteiger partial charge in [0.2, 0.25) is 5.91 Å². The molecule has 8 heteroatoms. The normalized spacial score (nSPS) is 14.0. The lowest BCUT2D eigenvalue weighted by Crippen LogP contribution is -2.33. The first kappa shape index (κ1) is 29.1. The van der Waals surface area contributed by atoms with E-state index in [0.29, 0.717) is 42.5 Å². The highest BCUT2D eigenvalue weighted by Gasteiger charge is 2.20. The summed E-state index contributed by atoms with van der Waals surface area (Å²) in [5, 5.41) is 5.91. The molecule has 212 valence electrons. The van der Waals surface area contributed by atoms with Crippen LogP contribution in [0.1, 0.15) is 52.7 Å². The highest BCUT2D eigenvalue weighted by Crippen LogP contribution is 2.27. The van der Waals surface area contributed by atoms with Gasteiger partial charge in [0.25, 0.3) is 5.91 Å². The number of methoxy groups -OCH3 is 2. The van der Waals surface area contributed by atoms with Gasteiger partial charge in [0.15, 0.2) is 11.5 Å². The maximum Gasteiger partial charge on any atom is 0.251 e. The number of amides is 2. The van der Waals surface area contributed by atoms with Crippen LogP contribution in [-0.2, 0) is 24.4 Å². The first-order valence-electron chi connectivity index (χ1n) is 13.7. The predicted octanol–water partition coefficient (Wildman–Crippen LogP) is 5.08. The standard InChI is InChI=1S/C32H38FN3O4/c1-39-29-13-7-26(19-30(29)40-2)21-35-32(38)27-9-3-24(4-10-27)20-34-31(37)14-8-23-15-17-36(18-16-23)22-25-5-11-28(33)12-6-25/h3-7,9-13,19,23H,8,14-18,20-22H2,1-2H3,(H,34,37)(H,35,38). The van der Waals surface area contributed by atoms with Gasteiger partial charge in [-0.1, -0.05) is 30.3 Å². The number of hydrogen-bond donors (Lipinski definition) is 2. The molecule has 0 spiro atoms. The minimum Gasteiger partial charge on any atom is -0.493 e. The minimum absolute atomic E-state index is 0.0467. The van der Waals surface area contributed by atoms with Crippen LogP contribution >= 0.6 is 0 Å². The predicted molar refractivity (Wildman–Crippen MR) is 153 cm³/mol. The van der Waals surface area contributed by atoms with Crippen LogP contribution in [-0.4, -0.2) is 44.0 Å². The molecule has 0 atom stereocenters. The Morgan fingerprint density at radius 2 is 1.45 bits per heavy atom. The van der Waals surface area contributed by atoms with Crippen LogP contribution in [0.2, 0.25) is 0 Å². The van der Waals surface area contributed by atoms with Gasteiger partial charge in [-0.3, -0.25) is 14.5 Å². The molecule has 3 aromatic rings. The molecule has 0 saturated carbocycles. The average molecular weight is 548 g/mol. The molecule has 1 fully saturated rings. The van der Waals surface area contributed by atoms with Crippen LogP contribution in [0.25, 0.3) is 0 Å². The molecule has 1 aliphatic heterocycles. The van der Waals surface area contributed by atoms with Gasteiger partial charge < -0.3 is 20.1 Å². The van der Waals surface area contributed by atoms with E-state index < -0.39 is 0 Å². The molecular weight excluding hydrogens is 509 g/mol. The van der Waals surface area contributed by atoms with Gasteiger partial charge in [0.05, 0.1) is 14.2 Å². The zero-order valence-corrected chi connectivity index (χ0v) is 23.3. The van der Waals surface area contributed by atoms with Gasteiger partial charge >= 0.3 is 0 Å². The summed E-state index contributed by atoms with van der Waals surface area (Å²) in [5.41, 5.74) is 3.53. The summed E-state index contributed by atoms with van der Waals surface area (Å²) in [4.78, 5) is 27.4. The first-order chi connectivity index (χ1) is 19.4. The Balaban J connectivity index is 1.13. The Hall–Kier alpha value is -3.91. The Morgan fingerprint density at radius 1 is 0.825 bits per heavy atom. The van der Waals surface area contributed by atoms with E-state index in [2.05, 4.69) is 15.5 Å². The molecule has 7 nitrogen and oxygen atoms in total. The first-order valence-corrected chi connectivity index (χ1v) is 13.7. The maximum atomic E-state index is 13.1. The van der Waals surface area contributed by atoms with E-state index in [1.807, 2.05) is 42.5 Å². The minimum atomic E-state index is -0.205. The molecule has 0 radical (unpaired) electrons. The lowest BCUT2D eigenvalue weighted by molar-refractivity contribution is -0.121. The SMILES string of the molecule is COc1ccc(CNC(=O)c2ccc(CNC(=O)CCC3CCN(Cc4ccc(F)cc4)CC3)cc2)cc1OC. The van der Waals surface area contributed by atoms with Crippen molar-refractivity contribution in [1.29, 1.82) is 0 Å². The molecule has 1 saturated heterocycles. The van der Waals surface area contributed by atoms with Crippen LogP contribution in [0.4, 0.5) is 4.39 Å². The molecule has 1 aliphatic rings. The van der Waals surface area contributed by atoms with E-state index in [4.69, 9.17) is 9.47 Å². The largest absolute Gasteiger partial charge is 0.493 e. The van der Waals surface area contributed by atoms with Gasteiger partial charge in [-0.25, -0.2) is 4.39 Å². The number of ether oxygens (including phenoxy) is 2. The van der Waals surface area contributed by atoms with Gasteiger partial charge in [0, 0.05) is 31.6 Å². The topological polar surface area (TPSA) is 79.9 Å². The Bertz CT molecular complexity index is 1260. The fourth-order valence-electron chi connectivity index (χ4n) is 4.95. The zero-order valence-electron chi connectivity index (χ0n) is 23.3. The lowest BCUT2D eigenvalue weighted by Gasteiger charge is -2.32. The second kappa shape index (κ2) is 14.5. The van der Waals surface area contributed by atoms with Gasteiger partial charge in [-0.15, -0.1) is 0 Å². The summed E-state index contributed by atoms with van der Waals surface area (Å²) in [6.07, 6.45) is 3.54. The van der Waals surface area contributed by atoms with Gasteiger partial charge in [-0.05, 0) is 91.4 Å². The molecule has 0 aliphatic carbocycles. The molecule has 0 bridgehead atoms. The Morgan fingerprint density at radius 3 is 2.12 bits per heavy atom. The number of piperidine rings is 1. The summed E-state index contributed by atoms with van der Waals surface area (Å²) in [6.45, 7) is 3.63. The van der Waals surface area contributed by atoms with E-state index in [1.54, 1.807) is 26.4 Å². The number of likely N-dealkylation sites (tertiary alicyclic amines) is 1. The van der Waals surface area contributed by atoms with E-state index in [0.717, 1.165) is 55.6 Å². The van der Waals surface area contributed by atoms with Crippen molar-refractivity contribution in [1.82, 2.24) is 15.5 Å². The van der Waals surface area contributed by atoms with Gasteiger partial charge in [-0.2, -0.15) is 0 Å². The number of hydrogen-bond acceptors (Lipinski definition) is 5. The van der Waals surface area contributed by atoms with Crippen molar-refractivity contribution < 1.29 is 23.5 Å². The summed E-state index contributed by atoms with van der Waals surface area (Å²) < 4.78 is 23.7. The summed E-state index contributed by atoms with van der Waals surface area (Å²) in [7, 11) is 3.16. The molecular formula is C32H38FN3O4. The molecule has 0 aromatic heterocycles. The van der Waals surface area contributed by atoms with Crippen molar-refractivity contribution in [3.63, 3.8) is 0 Å². The van der Waals surface area contributed by atoms with Crippen LogP contribution in [0, 0.1) is 11.7 Å². The molecule has 4 rings (SSSR count). The number of carbonyl (C=O) groups excluding carboxylic acids is 2. The smallest absolute Gasteiger partial charge is 0.251 e. The van der Waals surface area contributed by atoms with E-state index >= 15 is 0 Å². The van der Waals surface area contributed by atoms with Crippen LogP contribution < -0.4 is 20.1 Å². The molecule has 1 heterocycles. The van der Waals surface area contributed by atoms with Crippen molar-refractivity contribution in [2.45, 2.75) is 45.3 Å². The number of halogens is 1. The monoisotopic (exact) mass is 547 g/mol. The molecule has 40 heavy (non-hydrogen) atoms. The molecule has 0 unspecified atom stereocenters. The fraction of sp³-hybridized carbons (Fsp3) is 0.375. The van der Waals surface area contributed by atoms with E-state index in [-0.39, 0.29) is 17.6 Å².